The van der Waals surface area contributed by atoms with E-state index in [4.69, 9.17) is 59.3 Å². The number of nitrogens with zero attached hydrogens (tertiary/aromatic N) is 1. The summed E-state index contributed by atoms with van der Waals surface area (Å²) in [6.45, 7) is 6.30. The van der Waals surface area contributed by atoms with Gasteiger partial charge in [-0.3, -0.25) is 67.6 Å². The van der Waals surface area contributed by atoms with Crippen molar-refractivity contribution in [1.29, 1.82) is 5.41 Å². The maximum absolute atomic E-state index is 14.0. The lowest BCUT2D eigenvalue weighted by Gasteiger charge is -2.29. The smallest absolute Gasteiger partial charge is 0.306 e. The fourth-order valence-corrected chi connectivity index (χ4v) is 12.3. The van der Waals surface area contributed by atoms with Crippen LogP contribution in [0.3, 0.4) is 0 Å². The van der Waals surface area contributed by atoms with Crippen LogP contribution in [0.1, 0.15) is 199 Å². The predicted octanol–water partition coefficient (Wildman–Crippen LogP) is 4.84. The van der Waals surface area contributed by atoms with Crippen molar-refractivity contribution in [2.75, 3.05) is 158 Å². The number of hydrogen-bond acceptors (Lipinski definition) is 25. The van der Waals surface area contributed by atoms with Gasteiger partial charge in [0.2, 0.25) is 29.5 Å². The van der Waals surface area contributed by atoms with Crippen molar-refractivity contribution < 1.29 is 114 Å². The minimum absolute atomic E-state index is 0.0151. The average molecular weight is 1620 g/mol. The number of nitrogens with one attached hydrogen (secondary N) is 6. The SMILES string of the molecule is CC(C)CC(=O)CN[C@@H](CCCCNC(=O)COCCOCCCC(=O)COCCOCCNC(=O)COCCOCCNC(=O)COCCOCCNC(=O)CC[C@H](CC(=O)CCCCCCCCCCCCCCCS(=O)(=O)O)C(=O)O)C(=O)CN(C)[C@@H](CCCCC(=N)N)C(=O)C[C@@H](Cc1ccc(O)cc1)C(N)=O. The van der Waals surface area contributed by atoms with Gasteiger partial charge < -0.3 is 86.2 Å². The largest absolute Gasteiger partial charge is 0.508 e. The molecule has 0 saturated heterocycles. The van der Waals surface area contributed by atoms with Gasteiger partial charge in [-0.05, 0) is 94.9 Å². The van der Waals surface area contributed by atoms with E-state index in [9.17, 15) is 71.4 Å². The van der Waals surface area contributed by atoms with Gasteiger partial charge in [0.15, 0.2) is 17.3 Å². The third-order valence-corrected chi connectivity index (χ3v) is 18.7. The van der Waals surface area contributed by atoms with Crippen LogP contribution >= 0.6 is 0 Å². The van der Waals surface area contributed by atoms with Crippen molar-refractivity contribution in [3.8, 4) is 5.75 Å². The minimum atomic E-state index is -3.86. The number of ether oxygens (including phenoxy) is 8. The first-order valence-corrected chi connectivity index (χ1v) is 41.6. The molecule has 0 heterocycles. The molecule has 0 aliphatic heterocycles. The first-order valence-electron chi connectivity index (χ1n) is 40.0. The van der Waals surface area contributed by atoms with Gasteiger partial charge in [-0.1, -0.05) is 103 Å². The van der Waals surface area contributed by atoms with Gasteiger partial charge in [-0.2, -0.15) is 8.42 Å². The third-order valence-electron chi connectivity index (χ3n) is 17.9. The molecular formula is C78H135N9O24S. The number of aliphatic carboxylic acids is 1. The van der Waals surface area contributed by atoms with Crippen LogP contribution in [-0.4, -0.2) is 268 Å². The molecule has 1 rings (SSSR count). The van der Waals surface area contributed by atoms with Crippen LogP contribution < -0.4 is 38.1 Å². The van der Waals surface area contributed by atoms with Crippen LogP contribution in [-0.2, 0) is 107 Å². The summed E-state index contributed by atoms with van der Waals surface area (Å²) in [5, 5.41) is 40.9. The first-order chi connectivity index (χ1) is 53.6. The number of hydrogen-bond donors (Lipinski definition) is 11. The molecule has 1 aromatic carbocycles. The molecule has 13 N–H and O–H groups in total. The van der Waals surface area contributed by atoms with Crippen LogP contribution in [0.4, 0.5) is 0 Å². The highest BCUT2D eigenvalue weighted by molar-refractivity contribution is 7.85. The normalized spacial score (nSPS) is 12.6. The highest BCUT2D eigenvalue weighted by Gasteiger charge is 2.31. The maximum Gasteiger partial charge on any atom is 0.306 e. The number of likely N-dealkylation sites (N-methyl/N-ethyl adjacent to an activating group) is 1. The summed E-state index contributed by atoms with van der Waals surface area (Å²) in [6, 6.07) is 4.81. The van der Waals surface area contributed by atoms with Crippen molar-refractivity contribution in [1.82, 2.24) is 31.5 Å². The molecule has 0 saturated carbocycles. The van der Waals surface area contributed by atoms with Gasteiger partial charge in [0, 0.05) is 83.6 Å². The molecule has 642 valence electrons. The lowest BCUT2D eigenvalue weighted by Crippen LogP contribution is -2.48. The Morgan fingerprint density at radius 2 is 0.920 bits per heavy atom. The van der Waals surface area contributed by atoms with Crippen molar-refractivity contribution in [3.63, 3.8) is 0 Å². The molecule has 0 fully saturated rings. The molecule has 4 atom stereocenters. The van der Waals surface area contributed by atoms with E-state index in [-0.39, 0.29) is 246 Å². The van der Waals surface area contributed by atoms with Crippen LogP contribution in [0.2, 0.25) is 0 Å². The molecule has 0 aliphatic rings. The number of primary amides is 1. The highest BCUT2D eigenvalue weighted by atomic mass is 32.2. The Morgan fingerprint density at radius 1 is 0.464 bits per heavy atom. The number of rotatable bonds is 80. The van der Waals surface area contributed by atoms with E-state index >= 15 is 0 Å². The minimum Gasteiger partial charge on any atom is -0.508 e. The number of carbonyl (C=O) groups is 11. The van der Waals surface area contributed by atoms with Crippen LogP contribution in [0, 0.1) is 23.2 Å². The Hall–Kier alpha value is -6.83. The Bertz CT molecular complexity index is 2930. The Labute approximate surface area is 662 Å². The number of Topliss-reactive ketones (excluding diaryl/α,β-unsaturated/α-hetero) is 5. The highest BCUT2D eigenvalue weighted by Crippen LogP contribution is 2.22. The fraction of sp³-hybridized carbons (Fsp3) is 0.769. The van der Waals surface area contributed by atoms with Crippen LogP contribution in [0.25, 0.3) is 0 Å². The van der Waals surface area contributed by atoms with E-state index in [1.807, 2.05) is 13.8 Å². The number of phenols is 1. The lowest BCUT2D eigenvalue weighted by atomic mass is 9.89. The predicted molar refractivity (Wildman–Crippen MR) is 420 cm³/mol. The molecule has 0 aromatic heterocycles. The summed E-state index contributed by atoms with van der Waals surface area (Å²) >= 11 is 0. The summed E-state index contributed by atoms with van der Waals surface area (Å²) in [7, 11) is -2.20. The molecule has 33 nitrogen and oxygen atoms in total. The molecule has 0 spiro atoms. The van der Waals surface area contributed by atoms with E-state index in [0.717, 1.165) is 76.2 Å². The topological polar surface area (TPSA) is 496 Å². The number of carbonyl (C=O) groups excluding carboxylic acids is 10. The second-order valence-corrected chi connectivity index (χ2v) is 30.1. The fourth-order valence-electron chi connectivity index (χ4n) is 11.7. The molecule has 34 heteroatoms. The number of phenolic OH excluding ortho intramolecular Hbond substituents is 1. The van der Waals surface area contributed by atoms with E-state index in [0.29, 0.717) is 90.2 Å². The lowest BCUT2D eigenvalue weighted by molar-refractivity contribution is -0.144. The van der Waals surface area contributed by atoms with Crippen LogP contribution in [0.5, 0.6) is 5.75 Å². The van der Waals surface area contributed by atoms with Gasteiger partial charge in [-0.15, -0.1) is 0 Å². The number of carboxylic acid groups (broad SMARTS) is 1. The number of ketones is 5. The average Bonchev–Trinajstić information content (AvgIpc) is 0.861. The summed E-state index contributed by atoms with van der Waals surface area (Å²) < 4.78 is 73.6. The maximum atomic E-state index is 14.0. The summed E-state index contributed by atoms with van der Waals surface area (Å²) in [6.07, 6.45) is 17.2. The monoisotopic (exact) mass is 1610 g/mol. The molecule has 0 unspecified atom stereocenters. The van der Waals surface area contributed by atoms with Gasteiger partial charge in [0.1, 0.15) is 43.7 Å². The van der Waals surface area contributed by atoms with Gasteiger partial charge >= 0.3 is 5.97 Å². The number of amidine groups is 1. The number of amides is 5. The van der Waals surface area contributed by atoms with Crippen molar-refractivity contribution in [3.05, 3.63) is 29.8 Å². The molecule has 5 amide bonds. The van der Waals surface area contributed by atoms with Crippen molar-refractivity contribution in [2.24, 2.45) is 29.2 Å². The molecule has 0 radical (unpaired) electrons. The van der Waals surface area contributed by atoms with Gasteiger partial charge in [0.05, 0.1) is 115 Å². The van der Waals surface area contributed by atoms with Gasteiger partial charge in [0.25, 0.3) is 10.1 Å². The summed E-state index contributed by atoms with van der Waals surface area (Å²) in [5.41, 5.74) is 12.0. The quantitative estimate of drug-likeness (QED) is 0.0180. The van der Waals surface area contributed by atoms with Gasteiger partial charge in [-0.25, -0.2) is 0 Å². The Balaban J connectivity index is 2.08. The zero-order valence-electron chi connectivity index (χ0n) is 66.9. The summed E-state index contributed by atoms with van der Waals surface area (Å²) in [5.74, 6) is -5.64. The zero-order chi connectivity index (χ0) is 82.8. The molecule has 1 aromatic rings. The standard InChI is InChI=1S/C78H135N9O24S/c1-60(2)50-67(91)54-86-68(71(93)55-87(3)69(25-16-17-26-72(79)80)70(92)53-63(77(81)98)51-61-27-30-64(88)31-28-61)24-18-19-33-82-74(95)57-109-46-41-104-37-21-23-66(90)56-108-45-42-106-39-35-84-75(96)59-111-48-44-107-40-36-85-76(97)58-110-47-43-105-38-34-83-73(94)32-29-62(78(99)100)52-65(89)22-15-13-11-9-7-5-4-6-8-10-12-14-20-49-112(101,102)103/h27-28,30-31,60,62-63,68-69,86,88H,4-26,29,32-59H2,1-3H3,(H3,79,80)(H2,81,98)(H,82,95)(H,83,94)(H,84,96)(H,85,97)(H,99,100)(H,101,102,103)/t62-,63-,68+,69+/m1/s1. The third kappa shape index (κ3) is 62.6. The zero-order valence-corrected chi connectivity index (χ0v) is 67.7. The number of carboxylic acids is 1. The first kappa shape index (κ1) is 103. The van der Waals surface area contributed by atoms with E-state index < -0.39 is 45.9 Å². The molecule has 112 heavy (non-hydrogen) atoms. The number of aromatic hydroxyl groups is 1. The van der Waals surface area contributed by atoms with E-state index in [2.05, 4.69) is 26.6 Å². The number of benzene rings is 1. The molecular weight excluding hydrogens is 1480 g/mol. The number of unbranched alkanes of at least 4 members (excludes halogenated alkanes) is 14. The van der Waals surface area contributed by atoms with Crippen LogP contribution in [0.15, 0.2) is 24.3 Å². The molecule has 0 bridgehead atoms. The summed E-state index contributed by atoms with van der Waals surface area (Å²) in [4.78, 5) is 140. The molecule has 0 aliphatic carbocycles. The Morgan fingerprint density at radius 3 is 1.42 bits per heavy atom. The van der Waals surface area contributed by atoms with Crippen molar-refractivity contribution >= 4 is 80.4 Å². The second-order valence-electron chi connectivity index (χ2n) is 28.5. The van der Waals surface area contributed by atoms with E-state index in [1.165, 1.54) is 12.1 Å². The number of nitrogens with two attached hydrogens (primary N) is 2. The second kappa shape index (κ2) is 67.5. The van der Waals surface area contributed by atoms with Crippen molar-refractivity contribution in [2.45, 2.75) is 212 Å². The Kier molecular flexibility index (Phi) is 62.2. The van der Waals surface area contributed by atoms with E-state index in [1.54, 1.807) is 24.1 Å².